The van der Waals surface area contributed by atoms with E-state index in [1.165, 1.54) is 12.0 Å². The minimum absolute atomic E-state index is 0.00163. The zero-order chi connectivity index (χ0) is 16.8. The van der Waals surface area contributed by atoms with Crippen LogP contribution in [0.15, 0.2) is 11.6 Å². The highest BCUT2D eigenvalue weighted by atomic mass is 16.6. The van der Waals surface area contributed by atoms with E-state index in [1.54, 1.807) is 0 Å². The van der Waals surface area contributed by atoms with Gasteiger partial charge in [-0.1, -0.05) is 26.3 Å². The number of rotatable bonds is 5. The number of fused-ring (bicyclic) bond motifs is 4. The van der Waals surface area contributed by atoms with Crippen LogP contribution in [-0.2, 0) is 9.53 Å². The van der Waals surface area contributed by atoms with Crippen LogP contribution in [-0.4, -0.2) is 23.8 Å². The van der Waals surface area contributed by atoms with Gasteiger partial charge in [0.1, 0.15) is 6.10 Å². The summed E-state index contributed by atoms with van der Waals surface area (Å²) in [5.41, 5.74) is 1.37. The predicted molar refractivity (Wildman–Crippen MR) is 90.8 cm³/mol. The lowest BCUT2D eigenvalue weighted by Gasteiger charge is -2.51. The maximum atomic E-state index is 12.4. The van der Waals surface area contributed by atoms with Crippen LogP contribution in [0.3, 0.4) is 0 Å². The zero-order valence-corrected chi connectivity index (χ0v) is 15.1. The van der Waals surface area contributed by atoms with E-state index in [1.807, 2.05) is 0 Å². The molecule has 23 heavy (non-hydrogen) atoms. The molecule has 3 heteroatoms. The molecule has 3 nitrogen and oxygen atoms in total. The SMILES string of the molecule is CC(CCO)CCC1(C)C2=CC3CC(C)(C(=O)O3)C2CCC1C. The molecule has 0 aromatic heterocycles. The summed E-state index contributed by atoms with van der Waals surface area (Å²) in [6.45, 7) is 9.41. The quantitative estimate of drug-likeness (QED) is 0.613. The van der Waals surface area contributed by atoms with Crippen molar-refractivity contribution in [2.24, 2.45) is 28.6 Å². The smallest absolute Gasteiger partial charge is 0.313 e. The lowest BCUT2D eigenvalue weighted by Crippen LogP contribution is -2.45. The molecule has 0 aromatic rings. The van der Waals surface area contributed by atoms with Gasteiger partial charge in [-0.3, -0.25) is 4.79 Å². The molecule has 0 amide bonds. The van der Waals surface area contributed by atoms with Crippen LogP contribution in [0.4, 0.5) is 0 Å². The Morgan fingerprint density at radius 3 is 2.78 bits per heavy atom. The van der Waals surface area contributed by atoms with Gasteiger partial charge in [-0.15, -0.1) is 0 Å². The number of esters is 1. The second kappa shape index (κ2) is 5.91. The molecule has 3 aliphatic rings. The lowest BCUT2D eigenvalue weighted by atomic mass is 9.52. The van der Waals surface area contributed by atoms with Crippen molar-refractivity contribution in [3.63, 3.8) is 0 Å². The fourth-order valence-electron chi connectivity index (χ4n) is 5.24. The van der Waals surface area contributed by atoms with Gasteiger partial charge in [0, 0.05) is 13.0 Å². The number of hydrogen-bond donors (Lipinski definition) is 1. The van der Waals surface area contributed by atoms with Crippen LogP contribution < -0.4 is 0 Å². The number of aliphatic hydroxyl groups excluding tert-OH is 1. The van der Waals surface area contributed by atoms with Crippen LogP contribution >= 0.6 is 0 Å². The molecule has 3 rings (SSSR count). The van der Waals surface area contributed by atoms with Gasteiger partial charge < -0.3 is 9.84 Å². The van der Waals surface area contributed by atoms with Crippen molar-refractivity contribution < 1.29 is 14.6 Å². The molecule has 130 valence electrons. The number of aliphatic hydroxyl groups is 1. The Morgan fingerprint density at radius 2 is 2.09 bits per heavy atom. The summed E-state index contributed by atoms with van der Waals surface area (Å²) in [4.78, 5) is 12.4. The molecule has 0 aromatic carbocycles. The van der Waals surface area contributed by atoms with Gasteiger partial charge in [-0.2, -0.15) is 0 Å². The predicted octanol–water partition coefficient (Wildman–Crippen LogP) is 4.10. The van der Waals surface area contributed by atoms with Crippen molar-refractivity contribution in [3.8, 4) is 0 Å². The third-order valence-electron chi connectivity index (χ3n) is 7.27. The highest BCUT2D eigenvalue weighted by Crippen LogP contribution is 2.60. The zero-order valence-electron chi connectivity index (χ0n) is 15.1. The first-order chi connectivity index (χ1) is 10.8. The van der Waals surface area contributed by atoms with Gasteiger partial charge >= 0.3 is 5.97 Å². The summed E-state index contributed by atoms with van der Waals surface area (Å²) >= 11 is 0. The van der Waals surface area contributed by atoms with Gasteiger partial charge in [0.15, 0.2) is 0 Å². The van der Waals surface area contributed by atoms with E-state index in [0.29, 0.717) is 17.8 Å². The van der Waals surface area contributed by atoms with Crippen molar-refractivity contribution in [2.75, 3.05) is 6.61 Å². The van der Waals surface area contributed by atoms with Crippen molar-refractivity contribution in [1.29, 1.82) is 0 Å². The summed E-state index contributed by atoms with van der Waals surface area (Å²) in [5.74, 6) is 1.58. The molecule has 1 N–H and O–H groups in total. The fourth-order valence-corrected chi connectivity index (χ4v) is 5.24. The summed E-state index contributed by atoms with van der Waals surface area (Å²) in [7, 11) is 0. The van der Waals surface area contributed by atoms with Crippen LogP contribution in [0.2, 0.25) is 0 Å². The second-order valence-corrected chi connectivity index (χ2v) is 8.79. The van der Waals surface area contributed by atoms with E-state index < -0.39 is 0 Å². The molecule has 0 radical (unpaired) electrons. The van der Waals surface area contributed by atoms with E-state index in [-0.39, 0.29) is 29.5 Å². The van der Waals surface area contributed by atoms with Crippen LogP contribution in [0, 0.1) is 28.6 Å². The third-order valence-corrected chi connectivity index (χ3v) is 7.27. The van der Waals surface area contributed by atoms with E-state index in [9.17, 15) is 4.79 Å². The van der Waals surface area contributed by atoms with Crippen LogP contribution in [0.1, 0.15) is 66.2 Å². The Bertz CT molecular complexity index is 511. The Hall–Kier alpha value is -0.830. The summed E-state index contributed by atoms with van der Waals surface area (Å²) in [5, 5.41) is 9.15. The maximum absolute atomic E-state index is 12.4. The first-order valence-electron chi connectivity index (χ1n) is 9.35. The van der Waals surface area contributed by atoms with Crippen molar-refractivity contribution in [1.82, 2.24) is 0 Å². The largest absolute Gasteiger partial charge is 0.458 e. The lowest BCUT2D eigenvalue weighted by molar-refractivity contribution is -0.148. The highest BCUT2D eigenvalue weighted by molar-refractivity contribution is 5.81. The summed E-state index contributed by atoms with van der Waals surface area (Å²) in [6.07, 6.45) is 8.64. The van der Waals surface area contributed by atoms with Crippen LogP contribution in [0.5, 0.6) is 0 Å². The molecule has 2 bridgehead atoms. The number of ether oxygens (including phenoxy) is 1. The Kier molecular flexibility index (Phi) is 4.37. The molecular formula is C20H32O3. The van der Waals surface area contributed by atoms with Crippen molar-refractivity contribution in [3.05, 3.63) is 11.6 Å². The Balaban J connectivity index is 1.86. The van der Waals surface area contributed by atoms with Gasteiger partial charge in [0.05, 0.1) is 5.41 Å². The third kappa shape index (κ3) is 2.65. The molecule has 1 saturated heterocycles. The minimum Gasteiger partial charge on any atom is -0.458 e. The molecule has 1 aliphatic heterocycles. The molecular weight excluding hydrogens is 288 g/mol. The van der Waals surface area contributed by atoms with Crippen LogP contribution in [0.25, 0.3) is 0 Å². The van der Waals surface area contributed by atoms with Gasteiger partial charge in [-0.25, -0.2) is 0 Å². The average molecular weight is 320 g/mol. The first kappa shape index (κ1) is 17.0. The second-order valence-electron chi connectivity index (χ2n) is 8.79. The Labute approximate surface area is 140 Å². The topological polar surface area (TPSA) is 46.5 Å². The molecule has 6 unspecified atom stereocenters. The number of carbonyl (C=O) groups is 1. The molecule has 0 spiro atoms. The van der Waals surface area contributed by atoms with Gasteiger partial charge in [0.2, 0.25) is 0 Å². The fraction of sp³-hybridized carbons (Fsp3) is 0.850. The van der Waals surface area contributed by atoms with E-state index in [2.05, 4.69) is 33.8 Å². The standard InChI is InChI=1S/C20H32O3/c1-13(8-10-21)7-9-19(3)14(2)5-6-16-17(19)11-15-12-20(16,4)18(22)23-15/h11,13-16,21H,5-10,12H2,1-4H3. The van der Waals surface area contributed by atoms with E-state index >= 15 is 0 Å². The average Bonchev–Trinajstić information content (AvgIpc) is 2.73. The molecule has 6 atom stereocenters. The normalized spacial score (nSPS) is 43.6. The molecule has 1 heterocycles. The number of hydrogen-bond acceptors (Lipinski definition) is 3. The van der Waals surface area contributed by atoms with Gasteiger partial charge in [0.25, 0.3) is 0 Å². The van der Waals surface area contributed by atoms with Crippen molar-refractivity contribution in [2.45, 2.75) is 72.3 Å². The van der Waals surface area contributed by atoms with Crippen molar-refractivity contribution >= 4 is 5.97 Å². The first-order valence-corrected chi connectivity index (χ1v) is 9.35. The highest BCUT2D eigenvalue weighted by Gasteiger charge is 2.58. The minimum atomic E-state index is -0.299. The molecule has 2 fully saturated rings. The Morgan fingerprint density at radius 1 is 1.35 bits per heavy atom. The molecule has 2 aliphatic carbocycles. The summed E-state index contributed by atoms with van der Waals surface area (Å²) < 4.78 is 5.62. The molecule has 1 saturated carbocycles. The number of allylic oxidation sites excluding steroid dienone is 1. The van der Waals surface area contributed by atoms with E-state index in [0.717, 1.165) is 32.1 Å². The van der Waals surface area contributed by atoms with Gasteiger partial charge in [-0.05, 0) is 68.3 Å². The number of carbonyl (C=O) groups excluding carboxylic acids is 1. The summed E-state index contributed by atoms with van der Waals surface area (Å²) in [6, 6.07) is 0. The monoisotopic (exact) mass is 320 g/mol. The van der Waals surface area contributed by atoms with E-state index in [4.69, 9.17) is 9.84 Å². The maximum Gasteiger partial charge on any atom is 0.313 e.